The fraction of sp³-hybridized carbons (Fsp3) is 0.500. The van der Waals surface area contributed by atoms with Crippen molar-refractivity contribution in [2.24, 2.45) is 0 Å². The standard InChI is InChI=1S/C14H19N3O2/c1-5-8-11(6-2)17-14-15-9-12(10(4)16-14)13(18)19-7-3/h2,9,11H,5,7-8H2,1,3-4H3,(H,15,16,17). The molecule has 0 spiro atoms. The number of carbonyl (C=O) groups is 1. The Kier molecular flexibility index (Phi) is 5.80. The van der Waals surface area contributed by atoms with Gasteiger partial charge in [0.05, 0.1) is 23.9 Å². The molecule has 0 fully saturated rings. The highest BCUT2D eigenvalue weighted by atomic mass is 16.5. The predicted molar refractivity (Wildman–Crippen MR) is 73.9 cm³/mol. The molecule has 0 aliphatic carbocycles. The molecule has 0 amide bonds. The van der Waals surface area contributed by atoms with Gasteiger partial charge in [0.15, 0.2) is 0 Å². The molecule has 1 aromatic heterocycles. The van der Waals surface area contributed by atoms with Crippen molar-refractivity contribution in [2.75, 3.05) is 11.9 Å². The first-order valence-electron chi connectivity index (χ1n) is 6.35. The molecule has 0 aromatic carbocycles. The minimum absolute atomic E-state index is 0.0992. The number of carbonyl (C=O) groups excluding carboxylic acids is 1. The van der Waals surface area contributed by atoms with E-state index in [1.54, 1.807) is 13.8 Å². The number of esters is 1. The molecule has 5 nitrogen and oxygen atoms in total. The van der Waals surface area contributed by atoms with Crippen LogP contribution in [0.2, 0.25) is 0 Å². The quantitative estimate of drug-likeness (QED) is 0.628. The Morgan fingerprint density at radius 3 is 2.84 bits per heavy atom. The van der Waals surface area contributed by atoms with Crippen molar-refractivity contribution in [2.45, 2.75) is 39.7 Å². The van der Waals surface area contributed by atoms with Crippen molar-refractivity contribution >= 4 is 11.9 Å². The molecule has 0 bridgehead atoms. The van der Waals surface area contributed by atoms with Crippen molar-refractivity contribution in [3.63, 3.8) is 0 Å². The number of terminal acetylenes is 1. The Morgan fingerprint density at radius 1 is 1.58 bits per heavy atom. The first-order valence-corrected chi connectivity index (χ1v) is 6.35. The van der Waals surface area contributed by atoms with Crippen LogP contribution in [0.25, 0.3) is 0 Å². The van der Waals surface area contributed by atoms with E-state index in [4.69, 9.17) is 11.2 Å². The molecule has 0 saturated heterocycles. The zero-order valence-electron chi connectivity index (χ0n) is 11.6. The summed E-state index contributed by atoms with van der Waals surface area (Å²) in [5, 5.41) is 3.06. The minimum Gasteiger partial charge on any atom is -0.462 e. The van der Waals surface area contributed by atoms with E-state index in [1.807, 2.05) is 0 Å². The highest BCUT2D eigenvalue weighted by Crippen LogP contribution is 2.10. The first kappa shape index (κ1) is 15.0. The van der Waals surface area contributed by atoms with Gasteiger partial charge in [0.25, 0.3) is 0 Å². The lowest BCUT2D eigenvalue weighted by Gasteiger charge is -2.12. The number of nitrogens with zero attached hydrogens (tertiary/aromatic N) is 2. The minimum atomic E-state index is -0.409. The highest BCUT2D eigenvalue weighted by Gasteiger charge is 2.13. The van der Waals surface area contributed by atoms with Crippen LogP contribution in [0, 0.1) is 19.3 Å². The van der Waals surface area contributed by atoms with Gasteiger partial charge in [-0.25, -0.2) is 14.8 Å². The summed E-state index contributed by atoms with van der Waals surface area (Å²) in [6, 6.07) is -0.0992. The zero-order chi connectivity index (χ0) is 14.3. The molecule has 0 radical (unpaired) electrons. The summed E-state index contributed by atoms with van der Waals surface area (Å²) in [7, 11) is 0. The molecule has 1 atom stereocenters. The number of aryl methyl sites for hydroxylation is 1. The lowest BCUT2D eigenvalue weighted by molar-refractivity contribution is 0.0524. The van der Waals surface area contributed by atoms with Gasteiger partial charge in [0.2, 0.25) is 5.95 Å². The SMILES string of the molecule is C#CC(CCC)Nc1ncc(C(=O)OCC)c(C)n1. The molecule has 19 heavy (non-hydrogen) atoms. The summed E-state index contributed by atoms with van der Waals surface area (Å²) in [5.74, 6) is 2.67. The number of hydrogen-bond donors (Lipinski definition) is 1. The van der Waals surface area contributed by atoms with Crippen LogP contribution in [0.5, 0.6) is 0 Å². The number of ether oxygens (including phenoxy) is 1. The topological polar surface area (TPSA) is 64.1 Å². The van der Waals surface area contributed by atoms with E-state index in [9.17, 15) is 4.79 Å². The van der Waals surface area contributed by atoms with Gasteiger partial charge < -0.3 is 10.1 Å². The maximum atomic E-state index is 11.6. The lowest BCUT2D eigenvalue weighted by atomic mass is 10.2. The second-order valence-corrected chi connectivity index (χ2v) is 4.07. The molecule has 5 heteroatoms. The van der Waals surface area contributed by atoms with Crippen molar-refractivity contribution in [1.29, 1.82) is 0 Å². The van der Waals surface area contributed by atoms with Gasteiger partial charge in [-0.2, -0.15) is 0 Å². The average Bonchev–Trinajstić information content (AvgIpc) is 2.38. The number of anilines is 1. The van der Waals surface area contributed by atoms with Crippen LogP contribution in [0.1, 0.15) is 42.7 Å². The van der Waals surface area contributed by atoms with E-state index in [1.165, 1.54) is 6.20 Å². The fourth-order valence-electron chi connectivity index (χ4n) is 1.59. The number of aromatic nitrogens is 2. The van der Waals surface area contributed by atoms with Crippen molar-refractivity contribution in [3.8, 4) is 12.3 Å². The van der Waals surface area contributed by atoms with Gasteiger partial charge in [0, 0.05) is 6.20 Å². The van der Waals surface area contributed by atoms with E-state index in [0.29, 0.717) is 23.8 Å². The number of hydrogen-bond acceptors (Lipinski definition) is 5. The normalized spacial score (nSPS) is 11.5. The fourth-order valence-corrected chi connectivity index (χ4v) is 1.59. The van der Waals surface area contributed by atoms with Gasteiger partial charge in [-0.3, -0.25) is 0 Å². The summed E-state index contributed by atoms with van der Waals surface area (Å²) in [4.78, 5) is 19.9. The van der Waals surface area contributed by atoms with Crippen LogP contribution in [-0.4, -0.2) is 28.6 Å². The van der Waals surface area contributed by atoms with E-state index in [0.717, 1.165) is 12.8 Å². The molecular formula is C14H19N3O2. The molecule has 0 aliphatic rings. The molecule has 1 aromatic rings. The van der Waals surface area contributed by atoms with E-state index < -0.39 is 5.97 Å². The van der Waals surface area contributed by atoms with Gasteiger partial charge in [-0.15, -0.1) is 6.42 Å². The third kappa shape index (κ3) is 4.25. The van der Waals surface area contributed by atoms with Crippen LogP contribution in [-0.2, 0) is 4.74 Å². The maximum absolute atomic E-state index is 11.6. The summed E-state index contributed by atoms with van der Waals surface area (Å²) in [6.07, 6.45) is 8.70. The van der Waals surface area contributed by atoms with Gasteiger partial charge in [0.1, 0.15) is 0 Å². The molecule has 102 valence electrons. The van der Waals surface area contributed by atoms with E-state index >= 15 is 0 Å². The maximum Gasteiger partial charge on any atom is 0.341 e. The predicted octanol–water partition coefficient (Wildman–Crippen LogP) is 2.18. The van der Waals surface area contributed by atoms with Crippen molar-refractivity contribution in [1.82, 2.24) is 9.97 Å². The van der Waals surface area contributed by atoms with Gasteiger partial charge in [-0.05, 0) is 20.3 Å². The number of rotatable bonds is 6. The van der Waals surface area contributed by atoms with Crippen LogP contribution in [0.3, 0.4) is 0 Å². The Balaban J connectivity index is 2.82. The molecular weight excluding hydrogens is 242 g/mol. The van der Waals surface area contributed by atoms with Crippen LogP contribution < -0.4 is 5.32 Å². The lowest BCUT2D eigenvalue weighted by Crippen LogP contribution is -2.19. The molecule has 1 unspecified atom stereocenters. The van der Waals surface area contributed by atoms with E-state index in [-0.39, 0.29) is 6.04 Å². The second-order valence-electron chi connectivity index (χ2n) is 4.07. The molecule has 0 saturated carbocycles. The Hall–Kier alpha value is -2.09. The van der Waals surface area contributed by atoms with Crippen molar-refractivity contribution in [3.05, 3.63) is 17.5 Å². The van der Waals surface area contributed by atoms with Gasteiger partial charge >= 0.3 is 5.97 Å². The Labute approximate surface area is 113 Å². The van der Waals surface area contributed by atoms with Crippen LogP contribution in [0.15, 0.2) is 6.20 Å². The Bertz CT molecular complexity index is 480. The number of nitrogens with one attached hydrogen (secondary N) is 1. The monoisotopic (exact) mass is 261 g/mol. The van der Waals surface area contributed by atoms with E-state index in [2.05, 4.69) is 28.1 Å². The summed E-state index contributed by atoms with van der Waals surface area (Å²) < 4.78 is 4.92. The summed E-state index contributed by atoms with van der Waals surface area (Å²) in [5.41, 5.74) is 0.948. The summed E-state index contributed by atoms with van der Waals surface area (Å²) in [6.45, 7) is 5.88. The van der Waals surface area contributed by atoms with Crippen LogP contribution in [0.4, 0.5) is 5.95 Å². The Morgan fingerprint density at radius 2 is 2.32 bits per heavy atom. The van der Waals surface area contributed by atoms with Crippen molar-refractivity contribution < 1.29 is 9.53 Å². The average molecular weight is 261 g/mol. The molecule has 1 heterocycles. The summed E-state index contributed by atoms with van der Waals surface area (Å²) >= 11 is 0. The molecule has 1 rings (SSSR count). The molecule has 0 aliphatic heterocycles. The third-order valence-corrected chi connectivity index (χ3v) is 2.56. The molecule has 1 N–H and O–H groups in total. The largest absolute Gasteiger partial charge is 0.462 e. The third-order valence-electron chi connectivity index (χ3n) is 2.56. The highest BCUT2D eigenvalue weighted by molar-refractivity contribution is 5.90. The van der Waals surface area contributed by atoms with Crippen LogP contribution >= 0.6 is 0 Å². The second kappa shape index (κ2) is 7.37. The van der Waals surface area contributed by atoms with Gasteiger partial charge in [-0.1, -0.05) is 19.3 Å². The zero-order valence-corrected chi connectivity index (χ0v) is 11.6. The smallest absolute Gasteiger partial charge is 0.341 e. The first-order chi connectivity index (χ1) is 9.12.